The Labute approximate surface area is 128 Å². The number of piperazine rings is 1. The van der Waals surface area contributed by atoms with Gasteiger partial charge in [0, 0.05) is 38.6 Å². The van der Waals surface area contributed by atoms with Crippen LogP contribution in [0.5, 0.6) is 0 Å². The van der Waals surface area contributed by atoms with Crippen LogP contribution in [0.1, 0.15) is 5.69 Å². The van der Waals surface area contributed by atoms with E-state index in [0.717, 1.165) is 37.6 Å². The molecule has 1 saturated heterocycles. The summed E-state index contributed by atoms with van der Waals surface area (Å²) in [5.74, 6) is 0. The molecule has 2 aromatic rings. The molecule has 0 spiro atoms. The van der Waals surface area contributed by atoms with E-state index in [2.05, 4.69) is 32.6 Å². The summed E-state index contributed by atoms with van der Waals surface area (Å²) >= 11 is 0. The topological polar surface area (TPSA) is 79.2 Å². The SMILES string of the molecule is CN1CCN(C(=O)NCc2cn(-c3ccncc3)nn2)CC1. The molecular formula is C14H19N7O. The zero-order chi connectivity index (χ0) is 15.4. The van der Waals surface area contributed by atoms with Gasteiger partial charge in [-0.2, -0.15) is 0 Å². The van der Waals surface area contributed by atoms with Crippen molar-refractivity contribution < 1.29 is 4.79 Å². The Kier molecular flexibility index (Phi) is 4.29. The van der Waals surface area contributed by atoms with E-state index < -0.39 is 0 Å². The van der Waals surface area contributed by atoms with E-state index >= 15 is 0 Å². The summed E-state index contributed by atoms with van der Waals surface area (Å²) in [5, 5.41) is 11.0. The number of urea groups is 1. The number of nitrogens with zero attached hydrogens (tertiary/aromatic N) is 6. The van der Waals surface area contributed by atoms with Gasteiger partial charge in [0.25, 0.3) is 0 Å². The van der Waals surface area contributed by atoms with Crippen molar-refractivity contribution in [1.82, 2.24) is 35.1 Å². The van der Waals surface area contributed by atoms with E-state index in [9.17, 15) is 4.79 Å². The fourth-order valence-corrected chi connectivity index (χ4v) is 2.29. The summed E-state index contributed by atoms with van der Waals surface area (Å²) in [6, 6.07) is 3.65. The molecule has 116 valence electrons. The number of carbonyl (C=O) groups excluding carboxylic acids is 1. The zero-order valence-corrected chi connectivity index (χ0v) is 12.5. The van der Waals surface area contributed by atoms with Crippen LogP contribution < -0.4 is 5.32 Å². The average Bonchev–Trinajstić information content (AvgIpc) is 3.03. The molecule has 0 aliphatic carbocycles. The number of carbonyl (C=O) groups is 1. The molecule has 1 aliphatic heterocycles. The first-order valence-electron chi connectivity index (χ1n) is 7.25. The van der Waals surface area contributed by atoms with Gasteiger partial charge in [-0.3, -0.25) is 4.98 Å². The molecule has 0 bridgehead atoms. The van der Waals surface area contributed by atoms with Crippen molar-refractivity contribution in [2.75, 3.05) is 33.2 Å². The van der Waals surface area contributed by atoms with Gasteiger partial charge in [-0.05, 0) is 19.2 Å². The zero-order valence-electron chi connectivity index (χ0n) is 12.5. The van der Waals surface area contributed by atoms with E-state index in [4.69, 9.17) is 0 Å². The first-order chi connectivity index (χ1) is 10.7. The fraction of sp³-hybridized carbons (Fsp3) is 0.429. The molecule has 2 amide bonds. The highest BCUT2D eigenvalue weighted by Crippen LogP contribution is 2.05. The largest absolute Gasteiger partial charge is 0.332 e. The third-order valence-corrected chi connectivity index (χ3v) is 3.68. The molecule has 3 heterocycles. The van der Waals surface area contributed by atoms with Crippen LogP contribution in [0, 0.1) is 0 Å². The van der Waals surface area contributed by atoms with Crippen molar-refractivity contribution in [3.8, 4) is 5.69 Å². The van der Waals surface area contributed by atoms with Gasteiger partial charge in [0.1, 0.15) is 5.69 Å². The molecule has 8 nitrogen and oxygen atoms in total. The summed E-state index contributed by atoms with van der Waals surface area (Å²) in [6.07, 6.45) is 5.21. The standard InChI is InChI=1S/C14H19N7O/c1-19-6-8-20(9-7-19)14(22)16-10-12-11-21(18-17-12)13-2-4-15-5-3-13/h2-5,11H,6-10H2,1H3,(H,16,22). The van der Waals surface area contributed by atoms with Crippen LogP contribution in [0.3, 0.4) is 0 Å². The van der Waals surface area contributed by atoms with E-state index in [-0.39, 0.29) is 6.03 Å². The monoisotopic (exact) mass is 301 g/mol. The minimum atomic E-state index is -0.0495. The van der Waals surface area contributed by atoms with Crippen LogP contribution in [0.25, 0.3) is 5.69 Å². The first kappa shape index (κ1) is 14.5. The summed E-state index contributed by atoms with van der Waals surface area (Å²) in [6.45, 7) is 3.70. The Morgan fingerprint density at radius 2 is 1.95 bits per heavy atom. The van der Waals surface area contributed by atoms with Gasteiger partial charge < -0.3 is 15.1 Å². The second-order valence-corrected chi connectivity index (χ2v) is 5.31. The van der Waals surface area contributed by atoms with Gasteiger partial charge in [0.2, 0.25) is 0 Å². The Morgan fingerprint density at radius 3 is 2.68 bits per heavy atom. The van der Waals surface area contributed by atoms with E-state index in [1.54, 1.807) is 23.3 Å². The van der Waals surface area contributed by atoms with Crippen molar-refractivity contribution >= 4 is 6.03 Å². The number of nitrogens with one attached hydrogen (secondary N) is 1. The Bertz CT molecular complexity index is 619. The maximum Gasteiger partial charge on any atom is 0.317 e. The number of hydrogen-bond acceptors (Lipinski definition) is 5. The second kappa shape index (κ2) is 6.52. The molecule has 0 radical (unpaired) electrons. The maximum atomic E-state index is 12.1. The van der Waals surface area contributed by atoms with Gasteiger partial charge in [-0.15, -0.1) is 5.10 Å². The maximum absolute atomic E-state index is 12.1. The highest BCUT2D eigenvalue weighted by Gasteiger charge is 2.18. The highest BCUT2D eigenvalue weighted by molar-refractivity contribution is 5.74. The van der Waals surface area contributed by atoms with Gasteiger partial charge in [0.05, 0.1) is 18.4 Å². The molecule has 0 aromatic carbocycles. The lowest BCUT2D eigenvalue weighted by Gasteiger charge is -2.32. The van der Waals surface area contributed by atoms with Crippen LogP contribution in [0.4, 0.5) is 4.79 Å². The summed E-state index contributed by atoms with van der Waals surface area (Å²) in [4.78, 5) is 20.1. The van der Waals surface area contributed by atoms with E-state index in [0.29, 0.717) is 6.54 Å². The molecular weight excluding hydrogens is 282 g/mol. The van der Waals surface area contributed by atoms with Crippen molar-refractivity contribution in [2.24, 2.45) is 0 Å². The average molecular weight is 301 g/mol. The fourth-order valence-electron chi connectivity index (χ4n) is 2.29. The number of likely N-dealkylation sites (N-methyl/N-ethyl adjacent to an activating group) is 1. The van der Waals surface area contributed by atoms with Crippen molar-refractivity contribution in [2.45, 2.75) is 6.54 Å². The highest BCUT2D eigenvalue weighted by atomic mass is 16.2. The molecule has 2 aromatic heterocycles. The Hall–Kier alpha value is -2.48. The molecule has 0 saturated carbocycles. The molecule has 1 N–H and O–H groups in total. The minimum Gasteiger partial charge on any atom is -0.332 e. The summed E-state index contributed by atoms with van der Waals surface area (Å²) in [7, 11) is 2.06. The van der Waals surface area contributed by atoms with Crippen LogP contribution in [0.15, 0.2) is 30.7 Å². The van der Waals surface area contributed by atoms with Crippen LogP contribution in [0.2, 0.25) is 0 Å². The predicted octanol–water partition coefficient (Wildman–Crippen LogP) is 0.119. The van der Waals surface area contributed by atoms with E-state index in [1.165, 1.54) is 0 Å². The molecule has 1 aliphatic rings. The molecule has 22 heavy (non-hydrogen) atoms. The number of aromatic nitrogens is 4. The summed E-state index contributed by atoms with van der Waals surface area (Å²) in [5.41, 5.74) is 1.61. The number of amides is 2. The molecule has 1 fully saturated rings. The van der Waals surface area contributed by atoms with Gasteiger partial charge in [-0.1, -0.05) is 5.21 Å². The molecule has 3 rings (SSSR count). The second-order valence-electron chi connectivity index (χ2n) is 5.31. The van der Waals surface area contributed by atoms with E-state index in [1.807, 2.05) is 17.0 Å². The van der Waals surface area contributed by atoms with Crippen molar-refractivity contribution in [1.29, 1.82) is 0 Å². The first-order valence-corrected chi connectivity index (χ1v) is 7.25. The van der Waals surface area contributed by atoms with Gasteiger partial charge in [0.15, 0.2) is 0 Å². The number of pyridine rings is 1. The smallest absolute Gasteiger partial charge is 0.317 e. The molecule has 0 unspecified atom stereocenters. The quantitative estimate of drug-likeness (QED) is 0.871. The normalized spacial score (nSPS) is 15.8. The third kappa shape index (κ3) is 3.40. The Balaban J connectivity index is 1.54. The van der Waals surface area contributed by atoms with Gasteiger partial charge in [-0.25, -0.2) is 9.48 Å². The van der Waals surface area contributed by atoms with Crippen LogP contribution >= 0.6 is 0 Å². The van der Waals surface area contributed by atoms with Crippen LogP contribution in [-0.4, -0.2) is 69.0 Å². The minimum absolute atomic E-state index is 0.0495. The van der Waals surface area contributed by atoms with Crippen molar-refractivity contribution in [3.05, 3.63) is 36.4 Å². The lowest BCUT2D eigenvalue weighted by Crippen LogP contribution is -2.50. The Morgan fingerprint density at radius 1 is 1.23 bits per heavy atom. The van der Waals surface area contributed by atoms with Crippen LogP contribution in [-0.2, 0) is 6.54 Å². The molecule has 0 atom stereocenters. The lowest BCUT2D eigenvalue weighted by atomic mass is 10.3. The third-order valence-electron chi connectivity index (χ3n) is 3.68. The lowest BCUT2D eigenvalue weighted by molar-refractivity contribution is 0.154. The number of rotatable bonds is 3. The van der Waals surface area contributed by atoms with Crippen molar-refractivity contribution in [3.63, 3.8) is 0 Å². The number of hydrogen-bond donors (Lipinski definition) is 1. The molecule has 8 heteroatoms. The van der Waals surface area contributed by atoms with Gasteiger partial charge >= 0.3 is 6.03 Å². The summed E-state index contributed by atoms with van der Waals surface area (Å²) < 4.78 is 1.67. The predicted molar refractivity (Wildman–Crippen MR) is 80.5 cm³/mol.